The summed E-state index contributed by atoms with van der Waals surface area (Å²) in [6.45, 7) is 3.90. The van der Waals surface area contributed by atoms with Gasteiger partial charge in [-0.2, -0.15) is 0 Å². The van der Waals surface area contributed by atoms with Gasteiger partial charge in [0.05, 0.1) is 28.6 Å². The van der Waals surface area contributed by atoms with E-state index in [2.05, 4.69) is 10.3 Å². The first kappa shape index (κ1) is 13.0. The number of aryl methyl sites for hydroxylation is 1. The van der Waals surface area contributed by atoms with Crippen molar-refractivity contribution in [1.29, 1.82) is 0 Å². The monoisotopic (exact) mass is 268 g/mol. The number of carboxylic acids is 1. The van der Waals surface area contributed by atoms with E-state index in [1.807, 2.05) is 19.2 Å². The van der Waals surface area contributed by atoms with E-state index in [9.17, 15) is 9.59 Å². The summed E-state index contributed by atoms with van der Waals surface area (Å²) in [6.07, 6.45) is 1.33. The molecule has 1 aromatic heterocycles. The maximum Gasteiger partial charge on any atom is 0.307 e. The molecule has 0 bridgehead atoms. The van der Waals surface area contributed by atoms with Gasteiger partial charge in [0, 0.05) is 5.38 Å². The van der Waals surface area contributed by atoms with Gasteiger partial charge in [0.1, 0.15) is 0 Å². The second-order valence-electron chi connectivity index (χ2n) is 4.54. The molecule has 1 aliphatic rings. The van der Waals surface area contributed by atoms with Crippen molar-refractivity contribution >= 4 is 23.2 Å². The number of aliphatic carboxylic acids is 1. The van der Waals surface area contributed by atoms with E-state index in [0.29, 0.717) is 6.42 Å². The van der Waals surface area contributed by atoms with Crippen molar-refractivity contribution in [2.75, 3.05) is 0 Å². The number of aromatic nitrogens is 1. The molecule has 1 heterocycles. The van der Waals surface area contributed by atoms with Crippen molar-refractivity contribution in [3.63, 3.8) is 0 Å². The van der Waals surface area contributed by atoms with Crippen LogP contribution in [0, 0.1) is 11.8 Å². The Morgan fingerprint density at radius 2 is 2.33 bits per heavy atom. The average molecular weight is 268 g/mol. The van der Waals surface area contributed by atoms with Gasteiger partial charge in [-0.05, 0) is 19.8 Å². The van der Waals surface area contributed by atoms with Gasteiger partial charge in [0.15, 0.2) is 0 Å². The number of nitrogens with one attached hydrogen (secondary N) is 1. The van der Waals surface area contributed by atoms with E-state index in [1.165, 1.54) is 0 Å². The Morgan fingerprint density at radius 1 is 1.61 bits per heavy atom. The Bertz CT molecular complexity index is 472. The number of thiazole rings is 1. The third kappa shape index (κ3) is 2.69. The van der Waals surface area contributed by atoms with Crippen LogP contribution in [-0.2, 0) is 16.0 Å². The summed E-state index contributed by atoms with van der Waals surface area (Å²) in [5.41, 5.74) is 0.845. The largest absolute Gasteiger partial charge is 0.481 e. The number of hydrogen-bond acceptors (Lipinski definition) is 4. The average Bonchev–Trinajstić information content (AvgIpc) is 3.00. The smallest absolute Gasteiger partial charge is 0.307 e. The molecule has 0 aromatic carbocycles. The zero-order chi connectivity index (χ0) is 13.3. The van der Waals surface area contributed by atoms with E-state index in [0.717, 1.165) is 17.1 Å². The van der Waals surface area contributed by atoms with Crippen LogP contribution < -0.4 is 5.32 Å². The normalized spacial score (nSPS) is 23.4. The quantitative estimate of drug-likeness (QED) is 0.850. The predicted molar refractivity (Wildman–Crippen MR) is 67.3 cm³/mol. The fraction of sp³-hybridized carbons (Fsp3) is 0.583. The van der Waals surface area contributed by atoms with E-state index in [1.54, 1.807) is 11.3 Å². The molecule has 3 atom stereocenters. The fourth-order valence-electron chi connectivity index (χ4n) is 1.84. The van der Waals surface area contributed by atoms with Gasteiger partial charge in [-0.15, -0.1) is 11.3 Å². The highest BCUT2D eigenvalue weighted by molar-refractivity contribution is 7.09. The first-order valence-corrected chi connectivity index (χ1v) is 6.88. The van der Waals surface area contributed by atoms with Crippen LogP contribution in [0.15, 0.2) is 5.38 Å². The molecule has 0 spiro atoms. The van der Waals surface area contributed by atoms with Crippen LogP contribution >= 0.6 is 11.3 Å². The van der Waals surface area contributed by atoms with Gasteiger partial charge in [-0.25, -0.2) is 4.98 Å². The van der Waals surface area contributed by atoms with E-state index in [-0.39, 0.29) is 17.9 Å². The molecule has 1 amide bonds. The SMILES string of the molecule is CCc1nc([C@H](C)NC(=O)[C@H]2C[C@H]2C(=O)O)cs1. The van der Waals surface area contributed by atoms with Crippen LogP contribution in [0.25, 0.3) is 0 Å². The van der Waals surface area contributed by atoms with Crippen LogP contribution in [0.5, 0.6) is 0 Å². The van der Waals surface area contributed by atoms with E-state index < -0.39 is 11.9 Å². The lowest BCUT2D eigenvalue weighted by atomic mass is 10.2. The molecule has 5 nitrogen and oxygen atoms in total. The zero-order valence-corrected chi connectivity index (χ0v) is 11.2. The van der Waals surface area contributed by atoms with Crippen LogP contribution in [0.1, 0.15) is 37.0 Å². The Hall–Kier alpha value is -1.43. The van der Waals surface area contributed by atoms with Crippen molar-refractivity contribution in [2.24, 2.45) is 11.8 Å². The summed E-state index contributed by atoms with van der Waals surface area (Å²) < 4.78 is 0. The van der Waals surface area contributed by atoms with Gasteiger partial charge in [-0.3, -0.25) is 9.59 Å². The van der Waals surface area contributed by atoms with Gasteiger partial charge < -0.3 is 10.4 Å². The maximum atomic E-state index is 11.8. The van der Waals surface area contributed by atoms with Crippen LogP contribution in [0.3, 0.4) is 0 Å². The molecule has 1 aromatic rings. The van der Waals surface area contributed by atoms with Gasteiger partial charge in [0.25, 0.3) is 0 Å². The molecule has 0 aliphatic heterocycles. The molecule has 0 radical (unpaired) electrons. The van der Waals surface area contributed by atoms with Crippen LogP contribution in [-0.4, -0.2) is 22.0 Å². The lowest BCUT2D eigenvalue weighted by Crippen LogP contribution is -2.29. The Balaban J connectivity index is 1.90. The number of nitrogens with zero attached hydrogens (tertiary/aromatic N) is 1. The molecule has 1 saturated carbocycles. The van der Waals surface area contributed by atoms with Crippen molar-refractivity contribution in [1.82, 2.24) is 10.3 Å². The highest BCUT2D eigenvalue weighted by atomic mass is 32.1. The Kier molecular flexibility index (Phi) is 3.65. The molecule has 1 aliphatic carbocycles. The standard InChI is InChI=1S/C12H16N2O3S/c1-3-10-14-9(5-18-10)6(2)13-11(15)7-4-8(7)12(16)17/h5-8H,3-4H2,1-2H3,(H,13,15)(H,16,17)/t6-,7-,8+/m0/s1. The second-order valence-corrected chi connectivity index (χ2v) is 5.48. The minimum absolute atomic E-state index is 0.163. The van der Waals surface area contributed by atoms with Crippen molar-refractivity contribution in [3.05, 3.63) is 16.1 Å². The molecule has 2 N–H and O–H groups in total. The highest BCUT2D eigenvalue weighted by Crippen LogP contribution is 2.39. The first-order chi connectivity index (χ1) is 8.52. The lowest BCUT2D eigenvalue weighted by Gasteiger charge is -2.11. The van der Waals surface area contributed by atoms with Gasteiger partial charge in [0.2, 0.25) is 5.91 Å². The molecule has 98 valence electrons. The summed E-state index contributed by atoms with van der Waals surface area (Å²) >= 11 is 1.58. The number of carbonyl (C=O) groups is 2. The molecule has 2 rings (SSSR count). The molecule has 6 heteroatoms. The molecular formula is C12H16N2O3S. The number of amides is 1. The predicted octanol–water partition coefficient (Wildman–Crippen LogP) is 1.60. The van der Waals surface area contributed by atoms with E-state index in [4.69, 9.17) is 5.11 Å². The topological polar surface area (TPSA) is 79.3 Å². The summed E-state index contributed by atoms with van der Waals surface area (Å²) in [7, 11) is 0. The summed E-state index contributed by atoms with van der Waals surface area (Å²) in [5, 5.41) is 14.6. The summed E-state index contributed by atoms with van der Waals surface area (Å²) in [5.74, 6) is -1.93. The number of carboxylic acid groups (broad SMARTS) is 1. The number of hydrogen-bond donors (Lipinski definition) is 2. The zero-order valence-electron chi connectivity index (χ0n) is 10.3. The highest BCUT2D eigenvalue weighted by Gasteiger charge is 2.48. The third-order valence-electron chi connectivity index (χ3n) is 3.12. The third-order valence-corrected chi connectivity index (χ3v) is 4.13. The Labute approximate surface area is 109 Å². The van der Waals surface area contributed by atoms with Crippen molar-refractivity contribution in [2.45, 2.75) is 32.7 Å². The summed E-state index contributed by atoms with van der Waals surface area (Å²) in [4.78, 5) is 26.9. The van der Waals surface area contributed by atoms with Crippen molar-refractivity contribution < 1.29 is 14.7 Å². The fourth-order valence-corrected chi connectivity index (χ4v) is 2.68. The number of rotatable bonds is 5. The maximum absolute atomic E-state index is 11.8. The first-order valence-electron chi connectivity index (χ1n) is 6.00. The minimum atomic E-state index is -0.885. The summed E-state index contributed by atoms with van der Waals surface area (Å²) in [6, 6.07) is -0.163. The minimum Gasteiger partial charge on any atom is -0.481 e. The van der Waals surface area contributed by atoms with Crippen LogP contribution in [0.2, 0.25) is 0 Å². The molecule has 0 saturated heterocycles. The number of carbonyl (C=O) groups excluding carboxylic acids is 1. The van der Waals surface area contributed by atoms with Crippen LogP contribution in [0.4, 0.5) is 0 Å². The Morgan fingerprint density at radius 3 is 2.83 bits per heavy atom. The van der Waals surface area contributed by atoms with E-state index >= 15 is 0 Å². The lowest BCUT2D eigenvalue weighted by molar-refractivity contribution is -0.140. The van der Waals surface area contributed by atoms with Gasteiger partial charge in [-0.1, -0.05) is 6.92 Å². The van der Waals surface area contributed by atoms with Gasteiger partial charge >= 0.3 is 5.97 Å². The molecule has 18 heavy (non-hydrogen) atoms. The second kappa shape index (κ2) is 5.06. The van der Waals surface area contributed by atoms with Crippen molar-refractivity contribution in [3.8, 4) is 0 Å². The molecule has 1 fully saturated rings. The molecular weight excluding hydrogens is 252 g/mol. The molecule has 0 unspecified atom stereocenters.